The number of halogens is 1. The van der Waals surface area contributed by atoms with Gasteiger partial charge in [0.05, 0.1) is 11.1 Å². The van der Waals surface area contributed by atoms with Crippen molar-refractivity contribution in [2.24, 2.45) is 0 Å². The zero-order chi connectivity index (χ0) is 10.6. The van der Waals surface area contributed by atoms with Crippen molar-refractivity contribution in [1.29, 1.82) is 0 Å². The molecule has 1 unspecified atom stereocenters. The first-order valence-corrected chi connectivity index (χ1v) is 5.69. The van der Waals surface area contributed by atoms with Crippen LogP contribution in [0.2, 0.25) is 0 Å². The maximum Gasteiger partial charge on any atom is 0.133 e. The van der Waals surface area contributed by atoms with E-state index in [0.717, 1.165) is 23.2 Å². The first-order chi connectivity index (χ1) is 6.65. The Kier molecular flexibility index (Phi) is 4.46. The van der Waals surface area contributed by atoms with Crippen molar-refractivity contribution in [3.05, 3.63) is 35.2 Å². The van der Waals surface area contributed by atoms with Gasteiger partial charge in [0.15, 0.2) is 0 Å². The molecule has 0 N–H and O–H groups in total. The zero-order valence-electron chi connectivity index (χ0n) is 8.72. The molecule has 0 spiro atoms. The molecule has 0 saturated carbocycles. The van der Waals surface area contributed by atoms with E-state index in [4.69, 9.17) is 4.74 Å². The minimum atomic E-state index is 0.312. The molecular weight excluding hydrogens is 240 g/mol. The van der Waals surface area contributed by atoms with Gasteiger partial charge in [-0.3, -0.25) is 0 Å². The van der Waals surface area contributed by atoms with Crippen molar-refractivity contribution in [1.82, 2.24) is 0 Å². The van der Waals surface area contributed by atoms with Gasteiger partial charge < -0.3 is 4.74 Å². The van der Waals surface area contributed by atoms with Crippen molar-refractivity contribution < 1.29 is 4.74 Å². The average Bonchev–Trinajstić information content (AvgIpc) is 2.15. The average molecular weight is 256 g/mol. The molecule has 1 radical (unpaired) electrons. The molecule has 0 aromatic heterocycles. The summed E-state index contributed by atoms with van der Waals surface area (Å²) in [5.74, 6) is 1.22. The first-order valence-electron chi connectivity index (χ1n) is 4.90. The number of hydrogen-bond donors (Lipinski definition) is 0. The highest BCUT2D eigenvalue weighted by molar-refractivity contribution is 9.10. The number of hydrogen-bond acceptors (Lipinski definition) is 1. The van der Waals surface area contributed by atoms with Gasteiger partial charge in [-0.1, -0.05) is 19.9 Å². The Morgan fingerprint density at radius 1 is 1.50 bits per heavy atom. The topological polar surface area (TPSA) is 9.23 Å². The van der Waals surface area contributed by atoms with Crippen molar-refractivity contribution in [2.75, 3.05) is 6.61 Å². The third-order valence-corrected chi connectivity index (χ3v) is 2.61. The molecule has 77 valence electrons. The summed E-state index contributed by atoms with van der Waals surface area (Å²) in [7, 11) is 0. The van der Waals surface area contributed by atoms with E-state index in [1.807, 2.05) is 6.07 Å². The summed E-state index contributed by atoms with van der Waals surface area (Å²) in [5, 5.41) is 0. The standard InChI is InChI=1S/C12H16BrO/c1-4-7-14-12-6-5-10(9(2)3)8-11(12)13/h5-6,8-9H,2,4,7H2,1,3H3. The Balaban J connectivity index is 2.79. The fourth-order valence-corrected chi connectivity index (χ4v) is 1.66. The molecule has 1 rings (SSSR count). The van der Waals surface area contributed by atoms with Crippen molar-refractivity contribution in [3.8, 4) is 5.75 Å². The zero-order valence-corrected chi connectivity index (χ0v) is 10.3. The van der Waals surface area contributed by atoms with Crippen LogP contribution in [0.5, 0.6) is 5.75 Å². The van der Waals surface area contributed by atoms with Gasteiger partial charge in [-0.2, -0.15) is 0 Å². The van der Waals surface area contributed by atoms with E-state index >= 15 is 0 Å². The van der Waals surface area contributed by atoms with E-state index in [9.17, 15) is 0 Å². The third-order valence-electron chi connectivity index (χ3n) is 1.99. The molecule has 0 amide bonds. The largest absolute Gasteiger partial charge is 0.492 e. The van der Waals surface area contributed by atoms with Crippen LogP contribution in [0, 0.1) is 6.92 Å². The van der Waals surface area contributed by atoms with Gasteiger partial charge in [0, 0.05) is 0 Å². The van der Waals surface area contributed by atoms with Gasteiger partial charge in [-0.05, 0) is 52.9 Å². The van der Waals surface area contributed by atoms with Gasteiger partial charge in [0.25, 0.3) is 0 Å². The summed E-state index contributed by atoms with van der Waals surface area (Å²) in [5.41, 5.74) is 1.22. The SMILES string of the molecule is [CH2]C(C)c1ccc(OCCC)c(Br)c1. The molecule has 1 aromatic carbocycles. The van der Waals surface area contributed by atoms with Crippen LogP contribution in [0.4, 0.5) is 0 Å². The second kappa shape index (κ2) is 5.40. The van der Waals surface area contributed by atoms with Crippen LogP contribution < -0.4 is 4.74 Å². The lowest BCUT2D eigenvalue weighted by molar-refractivity contribution is 0.315. The van der Waals surface area contributed by atoms with Crippen LogP contribution in [0.3, 0.4) is 0 Å². The highest BCUT2D eigenvalue weighted by Crippen LogP contribution is 2.28. The lowest BCUT2D eigenvalue weighted by Crippen LogP contribution is -1.96. The fourth-order valence-electron chi connectivity index (χ4n) is 1.15. The Morgan fingerprint density at radius 2 is 2.21 bits per heavy atom. The monoisotopic (exact) mass is 255 g/mol. The molecule has 0 fully saturated rings. The quantitative estimate of drug-likeness (QED) is 0.785. The molecule has 1 aromatic rings. The van der Waals surface area contributed by atoms with Gasteiger partial charge in [-0.25, -0.2) is 0 Å². The van der Waals surface area contributed by atoms with E-state index in [-0.39, 0.29) is 0 Å². The van der Waals surface area contributed by atoms with Gasteiger partial charge in [-0.15, -0.1) is 0 Å². The van der Waals surface area contributed by atoms with Crippen molar-refractivity contribution >= 4 is 15.9 Å². The van der Waals surface area contributed by atoms with E-state index in [1.54, 1.807) is 0 Å². The van der Waals surface area contributed by atoms with Crippen LogP contribution in [-0.4, -0.2) is 6.61 Å². The molecule has 0 saturated heterocycles. The van der Waals surface area contributed by atoms with Crippen LogP contribution in [0.25, 0.3) is 0 Å². The van der Waals surface area contributed by atoms with Crippen LogP contribution in [-0.2, 0) is 0 Å². The normalized spacial score (nSPS) is 10.6. The molecule has 14 heavy (non-hydrogen) atoms. The second-order valence-corrected chi connectivity index (χ2v) is 4.29. The van der Waals surface area contributed by atoms with Crippen LogP contribution in [0.15, 0.2) is 22.7 Å². The Bertz CT molecular complexity index is 294. The number of rotatable bonds is 4. The predicted molar refractivity (Wildman–Crippen MR) is 63.7 cm³/mol. The van der Waals surface area contributed by atoms with Crippen molar-refractivity contribution in [3.63, 3.8) is 0 Å². The second-order valence-electron chi connectivity index (χ2n) is 3.44. The summed E-state index contributed by atoms with van der Waals surface area (Å²) in [6, 6.07) is 6.13. The minimum Gasteiger partial charge on any atom is -0.492 e. The van der Waals surface area contributed by atoms with E-state index < -0.39 is 0 Å². The molecule has 0 aliphatic carbocycles. The molecule has 1 nitrogen and oxygen atoms in total. The maximum atomic E-state index is 5.55. The molecule has 0 bridgehead atoms. The molecule has 0 aliphatic heterocycles. The van der Waals surface area contributed by atoms with Crippen molar-refractivity contribution in [2.45, 2.75) is 26.2 Å². The van der Waals surface area contributed by atoms with Gasteiger partial charge in [0.1, 0.15) is 5.75 Å². The Morgan fingerprint density at radius 3 is 2.71 bits per heavy atom. The molecule has 0 heterocycles. The minimum absolute atomic E-state index is 0.312. The summed E-state index contributed by atoms with van der Waals surface area (Å²) in [6.07, 6.45) is 1.03. The molecule has 1 atom stereocenters. The fraction of sp³-hybridized carbons (Fsp3) is 0.417. The van der Waals surface area contributed by atoms with Crippen LogP contribution in [0.1, 0.15) is 31.7 Å². The Labute approximate surface area is 94.6 Å². The van der Waals surface area contributed by atoms with Crippen LogP contribution >= 0.6 is 15.9 Å². The summed E-state index contributed by atoms with van der Waals surface area (Å²) >= 11 is 3.49. The highest BCUT2D eigenvalue weighted by atomic mass is 79.9. The molecule has 0 aliphatic rings. The Hall–Kier alpha value is -0.500. The summed E-state index contributed by atoms with van der Waals surface area (Å²) in [6.45, 7) is 8.92. The molecule has 2 heteroatoms. The first kappa shape index (κ1) is 11.6. The lowest BCUT2D eigenvalue weighted by atomic mass is 10.0. The lowest BCUT2D eigenvalue weighted by Gasteiger charge is -2.10. The predicted octanol–water partition coefficient (Wildman–Crippen LogP) is 4.18. The molecular formula is C12H16BrO. The number of benzene rings is 1. The summed E-state index contributed by atoms with van der Waals surface area (Å²) < 4.78 is 6.57. The highest BCUT2D eigenvalue weighted by Gasteiger charge is 2.04. The smallest absolute Gasteiger partial charge is 0.133 e. The van der Waals surface area contributed by atoms with Gasteiger partial charge in [0.2, 0.25) is 0 Å². The maximum absolute atomic E-state index is 5.55. The number of ether oxygens (including phenoxy) is 1. The third kappa shape index (κ3) is 3.02. The van der Waals surface area contributed by atoms with Gasteiger partial charge >= 0.3 is 0 Å². The van der Waals surface area contributed by atoms with E-state index in [0.29, 0.717) is 5.92 Å². The van der Waals surface area contributed by atoms with E-state index in [1.165, 1.54) is 5.56 Å². The summed E-state index contributed by atoms with van der Waals surface area (Å²) in [4.78, 5) is 0. The van der Waals surface area contributed by atoms with E-state index in [2.05, 4.69) is 48.8 Å².